The fourth-order valence-electron chi connectivity index (χ4n) is 3.18. The number of anilines is 2. The van der Waals surface area contributed by atoms with Crippen LogP contribution in [0.1, 0.15) is 17.5 Å². The first-order valence-corrected chi connectivity index (χ1v) is 8.59. The first-order valence-electron chi connectivity index (χ1n) is 8.59. The van der Waals surface area contributed by atoms with Crippen LogP contribution < -0.4 is 10.6 Å². The minimum Gasteiger partial charge on any atom is -0.399 e. The van der Waals surface area contributed by atoms with E-state index in [1.54, 1.807) is 0 Å². The Hall–Kier alpha value is -2.00. The molecule has 1 fully saturated rings. The monoisotopic (exact) mass is 309 g/mol. The molecular formula is C20H27N3. The lowest BCUT2D eigenvalue weighted by molar-refractivity contribution is 0.255. The zero-order valence-corrected chi connectivity index (χ0v) is 14.0. The summed E-state index contributed by atoms with van der Waals surface area (Å²) in [5.74, 6) is 0. The van der Waals surface area contributed by atoms with Crippen LogP contribution in [0.25, 0.3) is 0 Å². The molecule has 2 aromatic carbocycles. The van der Waals surface area contributed by atoms with Crippen LogP contribution in [-0.4, -0.2) is 37.6 Å². The predicted octanol–water partition coefficient (Wildman–Crippen LogP) is 3.33. The van der Waals surface area contributed by atoms with Gasteiger partial charge in [0, 0.05) is 37.6 Å². The van der Waals surface area contributed by atoms with Crippen molar-refractivity contribution >= 4 is 11.4 Å². The Balaban J connectivity index is 1.40. The molecule has 1 aliphatic rings. The van der Waals surface area contributed by atoms with E-state index in [0.29, 0.717) is 0 Å². The van der Waals surface area contributed by atoms with Crippen LogP contribution in [0.15, 0.2) is 48.5 Å². The molecule has 2 N–H and O–H groups in total. The first-order chi connectivity index (χ1) is 11.2. The lowest BCUT2D eigenvalue weighted by Crippen LogP contribution is -2.46. The molecule has 0 saturated carbocycles. The van der Waals surface area contributed by atoms with E-state index in [-0.39, 0.29) is 0 Å². The highest BCUT2D eigenvalue weighted by Gasteiger charge is 2.16. The topological polar surface area (TPSA) is 32.5 Å². The maximum absolute atomic E-state index is 5.76. The van der Waals surface area contributed by atoms with Gasteiger partial charge in [-0.25, -0.2) is 0 Å². The van der Waals surface area contributed by atoms with Crippen molar-refractivity contribution in [3.63, 3.8) is 0 Å². The number of nitrogens with zero attached hydrogens (tertiary/aromatic N) is 2. The molecule has 3 rings (SSSR count). The largest absolute Gasteiger partial charge is 0.399 e. The second kappa shape index (κ2) is 7.51. The summed E-state index contributed by atoms with van der Waals surface area (Å²) < 4.78 is 0. The summed E-state index contributed by atoms with van der Waals surface area (Å²) in [6.45, 7) is 7.85. The summed E-state index contributed by atoms with van der Waals surface area (Å²) in [5, 5.41) is 0. The quantitative estimate of drug-likeness (QED) is 0.860. The first kappa shape index (κ1) is 15.9. The van der Waals surface area contributed by atoms with Gasteiger partial charge in [0.2, 0.25) is 0 Å². The zero-order valence-electron chi connectivity index (χ0n) is 14.0. The fraction of sp³-hybridized carbons (Fsp3) is 0.400. The maximum atomic E-state index is 5.76. The Morgan fingerprint density at radius 3 is 2.17 bits per heavy atom. The van der Waals surface area contributed by atoms with Gasteiger partial charge in [-0.05, 0) is 56.1 Å². The molecule has 122 valence electrons. The molecule has 0 radical (unpaired) electrons. The van der Waals surface area contributed by atoms with E-state index in [1.807, 2.05) is 12.1 Å². The SMILES string of the molecule is Cc1ccc(CCCN2CCN(c3ccc(N)cc3)CC2)cc1. The van der Waals surface area contributed by atoms with Crippen LogP contribution in [0, 0.1) is 6.92 Å². The van der Waals surface area contributed by atoms with Gasteiger partial charge in [-0.15, -0.1) is 0 Å². The molecule has 0 bridgehead atoms. The zero-order chi connectivity index (χ0) is 16.1. The number of nitrogens with two attached hydrogens (primary N) is 1. The van der Waals surface area contributed by atoms with Gasteiger partial charge in [-0.3, -0.25) is 4.90 Å². The Kier molecular flexibility index (Phi) is 5.19. The second-order valence-corrected chi connectivity index (χ2v) is 6.51. The van der Waals surface area contributed by atoms with E-state index in [0.717, 1.165) is 31.9 Å². The Morgan fingerprint density at radius 1 is 0.870 bits per heavy atom. The molecule has 3 heteroatoms. The Labute approximate surface area is 139 Å². The number of benzene rings is 2. The third kappa shape index (κ3) is 4.49. The van der Waals surface area contributed by atoms with Crippen molar-refractivity contribution in [2.24, 2.45) is 0 Å². The van der Waals surface area contributed by atoms with Gasteiger partial charge in [0.25, 0.3) is 0 Å². The second-order valence-electron chi connectivity index (χ2n) is 6.51. The summed E-state index contributed by atoms with van der Waals surface area (Å²) in [5.41, 5.74) is 10.7. The van der Waals surface area contributed by atoms with Crippen molar-refractivity contribution in [3.05, 3.63) is 59.7 Å². The highest BCUT2D eigenvalue weighted by molar-refractivity contribution is 5.53. The van der Waals surface area contributed by atoms with Gasteiger partial charge in [0.15, 0.2) is 0 Å². The van der Waals surface area contributed by atoms with Crippen molar-refractivity contribution in [2.45, 2.75) is 19.8 Å². The van der Waals surface area contributed by atoms with Crippen LogP contribution in [0.5, 0.6) is 0 Å². The van der Waals surface area contributed by atoms with Gasteiger partial charge in [0.05, 0.1) is 0 Å². The number of rotatable bonds is 5. The highest BCUT2D eigenvalue weighted by atomic mass is 15.3. The predicted molar refractivity (Wildman–Crippen MR) is 99.0 cm³/mol. The molecule has 0 aliphatic carbocycles. The molecule has 0 unspecified atom stereocenters. The van der Waals surface area contributed by atoms with Gasteiger partial charge >= 0.3 is 0 Å². The van der Waals surface area contributed by atoms with Gasteiger partial charge in [0.1, 0.15) is 0 Å². The van der Waals surface area contributed by atoms with Crippen LogP contribution >= 0.6 is 0 Å². The van der Waals surface area contributed by atoms with Crippen molar-refractivity contribution in [1.82, 2.24) is 4.90 Å². The van der Waals surface area contributed by atoms with Gasteiger partial charge < -0.3 is 10.6 Å². The summed E-state index contributed by atoms with van der Waals surface area (Å²) in [7, 11) is 0. The van der Waals surface area contributed by atoms with Crippen molar-refractivity contribution in [3.8, 4) is 0 Å². The van der Waals surface area contributed by atoms with E-state index < -0.39 is 0 Å². The summed E-state index contributed by atoms with van der Waals surface area (Å²) in [6, 6.07) is 17.2. The van der Waals surface area contributed by atoms with Crippen molar-refractivity contribution < 1.29 is 0 Å². The van der Waals surface area contributed by atoms with Crippen LogP contribution in [0.4, 0.5) is 11.4 Å². The lowest BCUT2D eigenvalue weighted by atomic mass is 10.1. The molecule has 0 amide bonds. The number of nitrogen functional groups attached to an aromatic ring is 1. The molecule has 23 heavy (non-hydrogen) atoms. The van der Waals surface area contributed by atoms with Gasteiger partial charge in [-0.2, -0.15) is 0 Å². The minimum absolute atomic E-state index is 0.837. The normalized spacial score (nSPS) is 15.8. The number of hydrogen-bond donors (Lipinski definition) is 1. The molecule has 0 atom stereocenters. The number of aryl methyl sites for hydroxylation is 2. The summed E-state index contributed by atoms with van der Waals surface area (Å²) in [6.07, 6.45) is 2.42. The third-order valence-electron chi connectivity index (χ3n) is 4.69. The minimum atomic E-state index is 0.837. The molecule has 1 heterocycles. The van der Waals surface area contributed by atoms with Crippen molar-refractivity contribution in [2.75, 3.05) is 43.4 Å². The smallest absolute Gasteiger partial charge is 0.0368 e. The fourth-order valence-corrected chi connectivity index (χ4v) is 3.18. The van der Waals surface area contributed by atoms with Crippen LogP contribution in [-0.2, 0) is 6.42 Å². The molecule has 1 aliphatic heterocycles. The Morgan fingerprint density at radius 2 is 1.52 bits per heavy atom. The number of hydrogen-bond acceptors (Lipinski definition) is 3. The van der Waals surface area contributed by atoms with Crippen molar-refractivity contribution in [1.29, 1.82) is 0 Å². The molecule has 0 spiro atoms. The summed E-state index contributed by atoms with van der Waals surface area (Å²) in [4.78, 5) is 5.04. The highest BCUT2D eigenvalue weighted by Crippen LogP contribution is 2.18. The average molecular weight is 309 g/mol. The van der Waals surface area contributed by atoms with Gasteiger partial charge in [-0.1, -0.05) is 29.8 Å². The van der Waals surface area contributed by atoms with E-state index in [1.165, 1.54) is 36.2 Å². The molecule has 3 nitrogen and oxygen atoms in total. The molecule has 2 aromatic rings. The standard InChI is InChI=1S/C20H27N3/c1-17-4-6-18(7-5-17)3-2-12-22-13-15-23(16-14-22)20-10-8-19(21)9-11-20/h4-11H,2-3,12-16,21H2,1H3. The van der Waals surface area contributed by atoms with E-state index >= 15 is 0 Å². The average Bonchev–Trinajstić information content (AvgIpc) is 2.58. The Bertz CT molecular complexity index is 593. The van der Waals surface area contributed by atoms with Crippen LogP contribution in [0.3, 0.4) is 0 Å². The summed E-state index contributed by atoms with van der Waals surface area (Å²) >= 11 is 0. The van der Waals surface area contributed by atoms with E-state index in [9.17, 15) is 0 Å². The molecule has 1 saturated heterocycles. The maximum Gasteiger partial charge on any atom is 0.0368 e. The van der Waals surface area contributed by atoms with E-state index in [2.05, 4.69) is 53.1 Å². The third-order valence-corrected chi connectivity index (χ3v) is 4.69. The van der Waals surface area contributed by atoms with E-state index in [4.69, 9.17) is 5.73 Å². The molecule has 0 aromatic heterocycles. The van der Waals surface area contributed by atoms with Crippen LogP contribution in [0.2, 0.25) is 0 Å². The lowest BCUT2D eigenvalue weighted by Gasteiger charge is -2.36. The molecular weight excluding hydrogens is 282 g/mol. The number of piperazine rings is 1.